The Balaban J connectivity index is 1.54. The summed E-state index contributed by atoms with van der Waals surface area (Å²) in [6, 6.07) is 7.52. The molecule has 0 unspecified atom stereocenters. The van der Waals surface area contributed by atoms with Gasteiger partial charge in [0, 0.05) is 37.5 Å². The fourth-order valence-corrected chi connectivity index (χ4v) is 3.44. The van der Waals surface area contributed by atoms with Gasteiger partial charge in [-0.2, -0.15) is 0 Å². The fourth-order valence-electron chi connectivity index (χ4n) is 3.44. The van der Waals surface area contributed by atoms with Crippen molar-refractivity contribution >= 4 is 16.9 Å². The van der Waals surface area contributed by atoms with Crippen LogP contribution in [0, 0.1) is 6.92 Å². The maximum absolute atomic E-state index is 12.8. The first-order valence-corrected chi connectivity index (χ1v) is 8.71. The van der Waals surface area contributed by atoms with E-state index in [0.29, 0.717) is 43.0 Å². The number of hydrogen-bond donors (Lipinski definition) is 0. The summed E-state index contributed by atoms with van der Waals surface area (Å²) in [5.41, 5.74) is 2.86. The zero-order chi connectivity index (χ0) is 18.3. The van der Waals surface area contributed by atoms with E-state index >= 15 is 0 Å². The predicted molar refractivity (Wildman–Crippen MR) is 95.9 cm³/mol. The van der Waals surface area contributed by atoms with Crippen LogP contribution in [-0.4, -0.2) is 38.6 Å². The second-order valence-electron chi connectivity index (χ2n) is 6.63. The topological polar surface area (TPSA) is 81.2 Å². The van der Waals surface area contributed by atoms with Crippen molar-refractivity contribution in [3.63, 3.8) is 0 Å². The van der Waals surface area contributed by atoms with Crippen molar-refractivity contribution < 1.29 is 9.32 Å². The van der Waals surface area contributed by atoms with Crippen LogP contribution in [0.2, 0.25) is 0 Å². The van der Waals surface area contributed by atoms with Gasteiger partial charge < -0.3 is 9.42 Å². The smallest absolute Gasteiger partial charge is 0.256 e. The summed E-state index contributed by atoms with van der Waals surface area (Å²) >= 11 is 0. The van der Waals surface area contributed by atoms with Crippen molar-refractivity contribution in [3.8, 4) is 0 Å². The second kappa shape index (κ2) is 6.40. The second-order valence-corrected chi connectivity index (χ2v) is 6.63. The highest BCUT2D eigenvalue weighted by Gasteiger charge is 2.23. The Morgan fingerprint density at radius 3 is 2.85 bits per heavy atom. The van der Waals surface area contributed by atoms with E-state index in [0.717, 1.165) is 16.6 Å². The molecule has 1 aliphatic heterocycles. The molecular formula is C19H20N4O3. The molecule has 7 nitrogen and oxygen atoms in total. The van der Waals surface area contributed by atoms with Crippen LogP contribution in [0.3, 0.4) is 0 Å². The Morgan fingerprint density at radius 1 is 1.23 bits per heavy atom. The quantitative estimate of drug-likeness (QED) is 0.696. The van der Waals surface area contributed by atoms with Gasteiger partial charge in [0.05, 0.1) is 12.1 Å². The Kier molecular flexibility index (Phi) is 4.06. The van der Waals surface area contributed by atoms with Gasteiger partial charge in [-0.1, -0.05) is 17.3 Å². The molecule has 134 valence electrons. The highest BCUT2D eigenvalue weighted by Crippen LogP contribution is 2.19. The van der Waals surface area contributed by atoms with Crippen LogP contribution in [0.25, 0.3) is 11.0 Å². The number of carbonyl (C=O) groups excluding carboxylic acids is 1. The molecule has 0 aliphatic carbocycles. The molecule has 3 aromatic rings. The summed E-state index contributed by atoms with van der Waals surface area (Å²) < 4.78 is 6.85. The van der Waals surface area contributed by atoms with Crippen LogP contribution in [0.1, 0.15) is 22.8 Å². The number of rotatable bonds is 2. The van der Waals surface area contributed by atoms with Gasteiger partial charge in [-0.05, 0) is 25.5 Å². The van der Waals surface area contributed by atoms with Gasteiger partial charge in [0.1, 0.15) is 11.5 Å². The minimum absolute atomic E-state index is 0.00888. The molecule has 26 heavy (non-hydrogen) atoms. The van der Waals surface area contributed by atoms with E-state index in [1.165, 1.54) is 0 Å². The Hall–Kier alpha value is -2.96. The van der Waals surface area contributed by atoms with Gasteiger partial charge in [-0.25, -0.2) is 4.98 Å². The number of aromatic nitrogens is 3. The average Bonchev–Trinajstić information content (AvgIpc) is 2.91. The summed E-state index contributed by atoms with van der Waals surface area (Å²) in [4.78, 5) is 31.6. The van der Waals surface area contributed by atoms with Gasteiger partial charge in [-0.15, -0.1) is 0 Å². The van der Waals surface area contributed by atoms with Crippen LogP contribution in [0.5, 0.6) is 0 Å². The van der Waals surface area contributed by atoms with Crippen molar-refractivity contribution in [1.82, 2.24) is 19.6 Å². The molecule has 4 rings (SSSR count). The Morgan fingerprint density at radius 2 is 2.00 bits per heavy atom. The molecule has 0 saturated carbocycles. The summed E-state index contributed by atoms with van der Waals surface area (Å²) in [6.45, 7) is 2.90. The van der Waals surface area contributed by atoms with Gasteiger partial charge >= 0.3 is 0 Å². The number of fused-ring (bicyclic) bond motifs is 2. The van der Waals surface area contributed by atoms with Crippen LogP contribution in [0.15, 0.2) is 33.6 Å². The molecule has 0 N–H and O–H groups in total. The lowest BCUT2D eigenvalue weighted by atomic mass is 10.1. The average molecular weight is 352 g/mol. The summed E-state index contributed by atoms with van der Waals surface area (Å²) in [6.07, 6.45) is 1.32. The number of carbonyl (C=O) groups is 1. The van der Waals surface area contributed by atoms with Gasteiger partial charge in [0.15, 0.2) is 5.58 Å². The van der Waals surface area contributed by atoms with E-state index in [4.69, 9.17) is 4.52 Å². The van der Waals surface area contributed by atoms with E-state index in [2.05, 4.69) is 10.1 Å². The van der Waals surface area contributed by atoms with Crippen molar-refractivity contribution in [2.24, 2.45) is 7.05 Å². The molecule has 1 aliphatic rings. The number of amides is 1. The number of benzene rings is 1. The number of hydrogen-bond acceptors (Lipinski definition) is 5. The normalized spacial score (nSPS) is 14.3. The molecule has 7 heteroatoms. The number of nitrogens with zero attached hydrogens (tertiary/aromatic N) is 4. The van der Waals surface area contributed by atoms with Crippen LogP contribution in [0.4, 0.5) is 0 Å². The minimum Gasteiger partial charge on any atom is -0.356 e. The van der Waals surface area contributed by atoms with E-state index in [9.17, 15) is 9.59 Å². The lowest BCUT2D eigenvalue weighted by molar-refractivity contribution is -0.130. The zero-order valence-corrected chi connectivity index (χ0v) is 14.9. The first-order valence-electron chi connectivity index (χ1n) is 8.71. The molecule has 0 bridgehead atoms. The molecule has 0 spiro atoms. The Labute approximate surface area is 150 Å². The first kappa shape index (κ1) is 16.5. The third-order valence-electron chi connectivity index (χ3n) is 5.07. The van der Waals surface area contributed by atoms with Crippen molar-refractivity contribution in [3.05, 3.63) is 57.4 Å². The third-order valence-corrected chi connectivity index (χ3v) is 5.07. The molecule has 0 saturated heterocycles. The first-order chi connectivity index (χ1) is 12.5. The van der Waals surface area contributed by atoms with Crippen molar-refractivity contribution in [2.75, 3.05) is 13.1 Å². The van der Waals surface area contributed by atoms with Gasteiger partial charge in [-0.3, -0.25) is 14.2 Å². The van der Waals surface area contributed by atoms with Gasteiger partial charge in [0.25, 0.3) is 5.56 Å². The number of para-hydroxylation sites is 1. The van der Waals surface area contributed by atoms with E-state index < -0.39 is 0 Å². The SMILES string of the molecule is Cc1nc2c(c(=O)n1C)CCN(C(=O)Cc1noc3ccccc13)CC2. The van der Waals surface area contributed by atoms with Crippen LogP contribution >= 0.6 is 0 Å². The lowest BCUT2D eigenvalue weighted by Gasteiger charge is -2.19. The molecular weight excluding hydrogens is 332 g/mol. The molecule has 3 heterocycles. The third kappa shape index (κ3) is 2.79. The monoisotopic (exact) mass is 352 g/mol. The summed E-state index contributed by atoms with van der Waals surface area (Å²) in [7, 11) is 1.73. The molecule has 0 atom stereocenters. The summed E-state index contributed by atoms with van der Waals surface area (Å²) in [5, 5.41) is 4.91. The van der Waals surface area contributed by atoms with Crippen LogP contribution in [-0.2, 0) is 31.1 Å². The Bertz CT molecular complexity index is 1050. The summed E-state index contributed by atoms with van der Waals surface area (Å²) in [5.74, 6) is 0.688. The van der Waals surface area contributed by atoms with E-state index in [1.807, 2.05) is 31.2 Å². The molecule has 0 radical (unpaired) electrons. The molecule has 2 aromatic heterocycles. The molecule has 1 aromatic carbocycles. The molecule has 0 fully saturated rings. The fraction of sp³-hybridized carbons (Fsp3) is 0.368. The number of aryl methyl sites for hydroxylation is 1. The zero-order valence-electron chi connectivity index (χ0n) is 14.9. The maximum Gasteiger partial charge on any atom is 0.256 e. The predicted octanol–water partition coefficient (Wildman–Crippen LogP) is 1.40. The standard InChI is InChI=1S/C19H20N4O3/c1-12-20-15-8-10-23(9-7-14(15)19(25)22(12)2)18(24)11-16-13-5-3-4-6-17(13)26-21-16/h3-6H,7-11H2,1-2H3. The van der Waals surface area contributed by atoms with Crippen LogP contribution < -0.4 is 5.56 Å². The van der Waals surface area contributed by atoms with Crippen molar-refractivity contribution in [1.29, 1.82) is 0 Å². The maximum atomic E-state index is 12.8. The largest absolute Gasteiger partial charge is 0.356 e. The highest BCUT2D eigenvalue weighted by molar-refractivity contribution is 5.86. The van der Waals surface area contributed by atoms with Gasteiger partial charge in [0.2, 0.25) is 5.91 Å². The molecule has 1 amide bonds. The van der Waals surface area contributed by atoms with E-state index in [1.54, 1.807) is 16.5 Å². The lowest BCUT2D eigenvalue weighted by Crippen LogP contribution is -2.34. The minimum atomic E-state index is -0.00991. The van der Waals surface area contributed by atoms with E-state index in [-0.39, 0.29) is 17.9 Å². The highest BCUT2D eigenvalue weighted by atomic mass is 16.5. The van der Waals surface area contributed by atoms with Crippen molar-refractivity contribution in [2.45, 2.75) is 26.2 Å².